The van der Waals surface area contributed by atoms with Crippen LogP contribution in [0.4, 0.5) is 5.69 Å². The molecule has 4 nitrogen and oxygen atoms in total. The molecule has 0 amide bonds. The van der Waals surface area contributed by atoms with Gasteiger partial charge in [-0.25, -0.2) is 9.90 Å². The van der Waals surface area contributed by atoms with E-state index in [9.17, 15) is 0 Å². The lowest BCUT2D eigenvalue weighted by Crippen LogP contribution is -2.54. The number of fused-ring (bicyclic) bond motifs is 1. The summed E-state index contributed by atoms with van der Waals surface area (Å²) >= 11 is 3.75. The van der Waals surface area contributed by atoms with Crippen LogP contribution in [0.2, 0.25) is 0 Å². The number of ether oxygens (including phenoxy) is 1. The normalized spacial score (nSPS) is 23.5. The van der Waals surface area contributed by atoms with Gasteiger partial charge in [-0.05, 0) is 45.4 Å². The van der Waals surface area contributed by atoms with Crippen molar-refractivity contribution in [3.05, 3.63) is 63.6 Å². The third-order valence-corrected chi connectivity index (χ3v) is 6.17. The van der Waals surface area contributed by atoms with E-state index in [1.807, 2.05) is 0 Å². The van der Waals surface area contributed by atoms with Crippen molar-refractivity contribution in [3.8, 4) is 0 Å². The van der Waals surface area contributed by atoms with E-state index in [1.165, 1.54) is 11.1 Å². The summed E-state index contributed by atoms with van der Waals surface area (Å²) < 4.78 is 6.75. The van der Waals surface area contributed by atoms with E-state index in [-0.39, 0.29) is 5.54 Å². The van der Waals surface area contributed by atoms with E-state index in [4.69, 9.17) is 9.57 Å². The quantitative estimate of drug-likeness (QED) is 0.680. The first-order valence-electron chi connectivity index (χ1n) is 9.52. The van der Waals surface area contributed by atoms with Crippen molar-refractivity contribution in [2.45, 2.75) is 39.0 Å². The fourth-order valence-corrected chi connectivity index (χ4v) is 4.34. The fraction of sp³-hybridized carbons (Fsp3) is 0.455. The Labute approximate surface area is 170 Å². The molecular weight excluding hydrogens is 404 g/mol. The monoisotopic (exact) mass is 430 g/mol. The molecule has 2 aromatic carbocycles. The van der Waals surface area contributed by atoms with Gasteiger partial charge < -0.3 is 4.74 Å². The average Bonchev–Trinajstić information content (AvgIpc) is 2.99. The molecule has 0 spiro atoms. The number of hydrogen-bond acceptors (Lipinski definition) is 4. The first-order valence-corrected chi connectivity index (χ1v) is 10.3. The Hall–Kier alpha value is -1.40. The summed E-state index contributed by atoms with van der Waals surface area (Å²) in [6, 6.07) is 15.0. The second-order valence-corrected chi connectivity index (χ2v) is 9.14. The topological polar surface area (TPSA) is 24.9 Å². The maximum Gasteiger partial charge on any atom is 0.203 e. The Balaban J connectivity index is 1.98. The minimum Gasteiger partial charge on any atom is -0.379 e. The minimum atomic E-state index is -0.649. The lowest BCUT2D eigenvalue weighted by atomic mass is 9.90. The Bertz CT molecular complexity index is 828. The molecule has 5 heteroatoms. The van der Waals surface area contributed by atoms with Crippen LogP contribution in [0.1, 0.15) is 37.5 Å². The van der Waals surface area contributed by atoms with Crippen molar-refractivity contribution >= 4 is 21.6 Å². The van der Waals surface area contributed by atoms with Gasteiger partial charge in [0.25, 0.3) is 0 Å². The number of hydrogen-bond donors (Lipinski definition) is 0. The molecule has 0 aromatic heterocycles. The van der Waals surface area contributed by atoms with Crippen LogP contribution in [-0.4, -0.2) is 36.7 Å². The molecule has 0 bridgehead atoms. The number of morpholine rings is 1. The third-order valence-electron chi connectivity index (χ3n) is 5.31. The highest BCUT2D eigenvalue weighted by molar-refractivity contribution is 9.10. The molecule has 1 saturated heterocycles. The number of aryl methyl sites for hydroxylation is 1. The number of hydroxylamine groups is 1. The molecule has 1 fully saturated rings. The van der Waals surface area contributed by atoms with Gasteiger partial charge in [-0.1, -0.05) is 46.3 Å². The van der Waals surface area contributed by atoms with Crippen LogP contribution in [0.5, 0.6) is 0 Å². The summed E-state index contributed by atoms with van der Waals surface area (Å²) in [7, 11) is 0. The second kappa shape index (κ2) is 6.89. The Kier molecular flexibility index (Phi) is 4.83. The Morgan fingerprint density at radius 3 is 2.33 bits per heavy atom. The largest absolute Gasteiger partial charge is 0.379 e. The second-order valence-electron chi connectivity index (χ2n) is 8.28. The van der Waals surface area contributed by atoms with Crippen molar-refractivity contribution < 1.29 is 9.57 Å². The van der Waals surface area contributed by atoms with Crippen molar-refractivity contribution in [2.75, 3.05) is 31.4 Å². The number of halogens is 1. The number of nitrogens with zero attached hydrogens (tertiary/aromatic N) is 2. The van der Waals surface area contributed by atoms with Crippen molar-refractivity contribution in [2.24, 2.45) is 0 Å². The van der Waals surface area contributed by atoms with Crippen LogP contribution in [0, 0.1) is 6.92 Å². The lowest BCUT2D eigenvalue weighted by molar-refractivity contribution is -0.163. The average molecular weight is 431 g/mol. The molecular formula is C22H27BrN2O2. The van der Waals surface area contributed by atoms with E-state index >= 15 is 0 Å². The van der Waals surface area contributed by atoms with Gasteiger partial charge in [-0.2, -0.15) is 0 Å². The van der Waals surface area contributed by atoms with Gasteiger partial charge in [0.15, 0.2) is 0 Å². The van der Waals surface area contributed by atoms with E-state index < -0.39 is 5.72 Å². The SMILES string of the molecule is Cc1cc2c(cc1Br)C(c1ccccc1)(N1CCOCC1)ON2C(C)(C)C. The van der Waals surface area contributed by atoms with Gasteiger partial charge in [0.05, 0.1) is 24.4 Å². The highest BCUT2D eigenvalue weighted by atomic mass is 79.9. The van der Waals surface area contributed by atoms with E-state index in [0.717, 1.165) is 42.0 Å². The number of benzene rings is 2. The first kappa shape index (κ1) is 18.9. The molecule has 0 aliphatic carbocycles. The van der Waals surface area contributed by atoms with Gasteiger partial charge in [-0.3, -0.25) is 4.90 Å². The predicted molar refractivity (Wildman–Crippen MR) is 112 cm³/mol. The highest BCUT2D eigenvalue weighted by Crippen LogP contribution is 2.52. The molecule has 144 valence electrons. The zero-order valence-electron chi connectivity index (χ0n) is 16.5. The smallest absolute Gasteiger partial charge is 0.203 e. The van der Waals surface area contributed by atoms with Crippen LogP contribution in [0.15, 0.2) is 46.9 Å². The summed E-state index contributed by atoms with van der Waals surface area (Å²) in [5.74, 6) is 0. The number of anilines is 1. The summed E-state index contributed by atoms with van der Waals surface area (Å²) in [5.41, 5.74) is 3.86. The standard InChI is InChI=1S/C22H27BrN2O2/c1-16-14-20-18(15-19(16)23)22(17-8-6-5-7-9-17,24-10-12-26-13-11-24)27-25(20)21(2,3)4/h5-9,14-15H,10-13H2,1-4H3. The van der Waals surface area contributed by atoms with E-state index in [0.29, 0.717) is 0 Å². The van der Waals surface area contributed by atoms with E-state index in [2.05, 4.69) is 96.1 Å². The van der Waals surface area contributed by atoms with Gasteiger partial charge >= 0.3 is 0 Å². The van der Waals surface area contributed by atoms with Crippen molar-refractivity contribution in [1.29, 1.82) is 0 Å². The zero-order chi connectivity index (χ0) is 19.2. The summed E-state index contributed by atoms with van der Waals surface area (Å²) in [6.07, 6.45) is 0. The van der Waals surface area contributed by atoms with Crippen LogP contribution in [0.3, 0.4) is 0 Å². The summed E-state index contributed by atoms with van der Waals surface area (Å²) in [4.78, 5) is 9.32. The zero-order valence-corrected chi connectivity index (χ0v) is 18.0. The summed E-state index contributed by atoms with van der Waals surface area (Å²) in [5, 5.41) is 2.09. The predicted octanol–water partition coefficient (Wildman–Crippen LogP) is 4.84. The van der Waals surface area contributed by atoms with Crippen LogP contribution in [-0.2, 0) is 15.3 Å². The van der Waals surface area contributed by atoms with Crippen LogP contribution < -0.4 is 5.06 Å². The molecule has 2 aromatic rings. The van der Waals surface area contributed by atoms with Crippen molar-refractivity contribution in [1.82, 2.24) is 4.90 Å². The molecule has 2 aliphatic heterocycles. The molecule has 4 rings (SSSR count). The lowest BCUT2D eigenvalue weighted by Gasteiger charge is -2.44. The Morgan fingerprint density at radius 1 is 1.04 bits per heavy atom. The molecule has 0 saturated carbocycles. The van der Waals surface area contributed by atoms with Gasteiger partial charge in [0.2, 0.25) is 5.72 Å². The summed E-state index contributed by atoms with van der Waals surface area (Å²) in [6.45, 7) is 11.8. The third kappa shape index (κ3) is 3.11. The highest BCUT2D eigenvalue weighted by Gasteiger charge is 2.53. The molecule has 2 aliphatic rings. The fourth-order valence-electron chi connectivity index (χ4n) is 4.00. The maximum atomic E-state index is 6.90. The van der Waals surface area contributed by atoms with Gasteiger partial charge in [0.1, 0.15) is 0 Å². The Morgan fingerprint density at radius 2 is 1.70 bits per heavy atom. The molecule has 2 heterocycles. The molecule has 1 unspecified atom stereocenters. The first-order chi connectivity index (χ1) is 12.8. The van der Waals surface area contributed by atoms with Gasteiger partial charge in [-0.15, -0.1) is 0 Å². The minimum absolute atomic E-state index is 0.169. The molecule has 0 radical (unpaired) electrons. The van der Waals surface area contributed by atoms with Gasteiger partial charge in [0, 0.05) is 28.7 Å². The van der Waals surface area contributed by atoms with Crippen LogP contribution >= 0.6 is 15.9 Å². The maximum absolute atomic E-state index is 6.90. The number of rotatable bonds is 2. The molecule has 27 heavy (non-hydrogen) atoms. The van der Waals surface area contributed by atoms with Crippen molar-refractivity contribution in [3.63, 3.8) is 0 Å². The van der Waals surface area contributed by atoms with Crippen LogP contribution in [0.25, 0.3) is 0 Å². The molecule has 0 N–H and O–H groups in total. The molecule has 1 atom stereocenters. The van der Waals surface area contributed by atoms with E-state index in [1.54, 1.807) is 0 Å².